The maximum absolute atomic E-state index is 11.0. The number of imidazole rings is 1. The molecule has 98 valence electrons. The summed E-state index contributed by atoms with van der Waals surface area (Å²) in [5.41, 5.74) is -0.920. The SMILES string of the molecule is Cn1ccnc1Oc1ccc([N+](=O)[O-])c(C(=O)O)c1. The van der Waals surface area contributed by atoms with Gasteiger partial charge in [0.1, 0.15) is 11.3 Å². The van der Waals surface area contributed by atoms with Crippen molar-refractivity contribution in [2.45, 2.75) is 0 Å². The van der Waals surface area contributed by atoms with Crippen molar-refractivity contribution in [3.63, 3.8) is 0 Å². The first-order chi connectivity index (χ1) is 8.99. The molecule has 19 heavy (non-hydrogen) atoms. The second-order valence-electron chi connectivity index (χ2n) is 3.66. The van der Waals surface area contributed by atoms with Crippen molar-refractivity contribution in [3.8, 4) is 11.8 Å². The number of benzene rings is 1. The van der Waals surface area contributed by atoms with Gasteiger partial charge in [-0.05, 0) is 6.07 Å². The maximum atomic E-state index is 11.0. The maximum Gasteiger partial charge on any atom is 0.342 e. The number of rotatable bonds is 4. The molecule has 1 aromatic heterocycles. The van der Waals surface area contributed by atoms with Gasteiger partial charge in [-0.25, -0.2) is 9.78 Å². The molecule has 1 heterocycles. The summed E-state index contributed by atoms with van der Waals surface area (Å²) >= 11 is 0. The van der Waals surface area contributed by atoms with E-state index in [4.69, 9.17) is 9.84 Å². The van der Waals surface area contributed by atoms with E-state index in [0.29, 0.717) is 0 Å². The van der Waals surface area contributed by atoms with Gasteiger partial charge in [0.25, 0.3) is 5.69 Å². The van der Waals surface area contributed by atoms with Crippen molar-refractivity contribution in [3.05, 3.63) is 46.3 Å². The van der Waals surface area contributed by atoms with Gasteiger partial charge in [0.15, 0.2) is 0 Å². The zero-order valence-electron chi connectivity index (χ0n) is 9.81. The molecule has 1 N–H and O–H groups in total. The third-order valence-corrected chi connectivity index (χ3v) is 2.38. The Bertz CT molecular complexity index is 650. The zero-order valence-corrected chi connectivity index (χ0v) is 9.81. The summed E-state index contributed by atoms with van der Waals surface area (Å²) in [6.45, 7) is 0. The molecule has 0 saturated heterocycles. The molecule has 1 aromatic carbocycles. The lowest BCUT2D eigenvalue weighted by atomic mass is 10.2. The molecule has 0 radical (unpaired) electrons. The summed E-state index contributed by atoms with van der Waals surface area (Å²) in [6, 6.07) is 3.75. The molecule has 0 saturated carbocycles. The Hall–Kier alpha value is -2.90. The lowest BCUT2D eigenvalue weighted by Gasteiger charge is -2.05. The average molecular weight is 263 g/mol. The highest BCUT2D eigenvalue weighted by molar-refractivity contribution is 5.92. The fraction of sp³-hybridized carbons (Fsp3) is 0.0909. The second-order valence-corrected chi connectivity index (χ2v) is 3.66. The van der Waals surface area contributed by atoms with Gasteiger partial charge in [0.05, 0.1) is 4.92 Å². The van der Waals surface area contributed by atoms with Crippen molar-refractivity contribution in [1.82, 2.24) is 9.55 Å². The smallest absolute Gasteiger partial charge is 0.342 e. The summed E-state index contributed by atoms with van der Waals surface area (Å²) in [7, 11) is 1.70. The number of ether oxygens (including phenoxy) is 1. The Morgan fingerprint density at radius 1 is 1.53 bits per heavy atom. The minimum absolute atomic E-state index is 0.164. The standard InChI is InChI=1S/C11H9N3O5/c1-13-5-4-12-11(13)19-7-2-3-9(14(17)18)8(6-7)10(15)16/h2-6H,1H3,(H,15,16). The predicted molar refractivity (Wildman–Crippen MR) is 63.3 cm³/mol. The Kier molecular flexibility index (Phi) is 3.15. The largest absolute Gasteiger partial charge is 0.477 e. The third-order valence-electron chi connectivity index (χ3n) is 2.38. The van der Waals surface area contributed by atoms with E-state index in [9.17, 15) is 14.9 Å². The van der Waals surface area contributed by atoms with Crippen LogP contribution < -0.4 is 4.74 Å². The molecule has 2 aromatic rings. The van der Waals surface area contributed by atoms with Gasteiger partial charge in [0.2, 0.25) is 0 Å². The van der Waals surface area contributed by atoms with Crippen LogP contribution in [0.2, 0.25) is 0 Å². The minimum atomic E-state index is -1.39. The van der Waals surface area contributed by atoms with Crippen LogP contribution in [0.3, 0.4) is 0 Å². The molecular weight excluding hydrogens is 254 g/mol. The number of hydrogen-bond donors (Lipinski definition) is 1. The van der Waals surface area contributed by atoms with Crippen molar-refractivity contribution in [2.75, 3.05) is 0 Å². The molecule has 0 aliphatic heterocycles. The first-order valence-electron chi connectivity index (χ1n) is 5.16. The van der Waals surface area contributed by atoms with Crippen LogP contribution in [0.1, 0.15) is 10.4 Å². The van der Waals surface area contributed by atoms with E-state index in [1.54, 1.807) is 17.8 Å². The van der Waals surface area contributed by atoms with Gasteiger partial charge in [-0.2, -0.15) is 0 Å². The van der Waals surface area contributed by atoms with Gasteiger partial charge in [-0.1, -0.05) is 0 Å². The Morgan fingerprint density at radius 3 is 2.79 bits per heavy atom. The Morgan fingerprint density at radius 2 is 2.26 bits per heavy atom. The van der Waals surface area contributed by atoms with Crippen LogP contribution in [0.4, 0.5) is 5.69 Å². The van der Waals surface area contributed by atoms with Gasteiger partial charge in [-0.3, -0.25) is 10.1 Å². The highest BCUT2D eigenvalue weighted by atomic mass is 16.6. The van der Waals surface area contributed by atoms with Crippen LogP contribution in [-0.4, -0.2) is 25.6 Å². The van der Waals surface area contributed by atoms with Crippen molar-refractivity contribution in [1.29, 1.82) is 0 Å². The van der Waals surface area contributed by atoms with E-state index >= 15 is 0 Å². The number of carboxylic acids is 1. The quantitative estimate of drug-likeness (QED) is 0.665. The van der Waals surface area contributed by atoms with Crippen molar-refractivity contribution < 1.29 is 19.6 Å². The highest BCUT2D eigenvalue weighted by Gasteiger charge is 2.20. The summed E-state index contributed by atoms with van der Waals surface area (Å²) in [5, 5.41) is 19.6. The summed E-state index contributed by atoms with van der Waals surface area (Å²) in [6.07, 6.45) is 3.16. The van der Waals surface area contributed by atoms with E-state index in [2.05, 4.69) is 4.98 Å². The lowest BCUT2D eigenvalue weighted by molar-refractivity contribution is -0.385. The average Bonchev–Trinajstić information content (AvgIpc) is 2.74. The third kappa shape index (κ3) is 2.51. The van der Waals surface area contributed by atoms with Gasteiger partial charge in [-0.15, -0.1) is 0 Å². The molecule has 8 nitrogen and oxygen atoms in total. The fourth-order valence-corrected chi connectivity index (χ4v) is 1.46. The molecule has 0 aliphatic carbocycles. The summed E-state index contributed by atoms with van der Waals surface area (Å²) < 4.78 is 6.93. The van der Waals surface area contributed by atoms with E-state index in [-0.39, 0.29) is 11.8 Å². The van der Waals surface area contributed by atoms with Gasteiger partial charge >= 0.3 is 12.0 Å². The zero-order chi connectivity index (χ0) is 14.0. The van der Waals surface area contributed by atoms with Crippen LogP contribution in [-0.2, 0) is 7.05 Å². The number of nitro groups is 1. The van der Waals surface area contributed by atoms with E-state index in [1.165, 1.54) is 12.3 Å². The van der Waals surface area contributed by atoms with E-state index < -0.39 is 22.1 Å². The lowest BCUT2D eigenvalue weighted by Crippen LogP contribution is -2.03. The Labute approximate surface area is 107 Å². The first kappa shape index (κ1) is 12.6. The van der Waals surface area contributed by atoms with Gasteiger partial charge in [0, 0.05) is 31.6 Å². The molecule has 2 rings (SSSR count). The molecule has 0 amide bonds. The molecule has 0 unspecified atom stereocenters. The number of aryl methyl sites for hydroxylation is 1. The normalized spacial score (nSPS) is 10.2. The van der Waals surface area contributed by atoms with Crippen LogP contribution >= 0.6 is 0 Å². The summed E-state index contributed by atoms with van der Waals surface area (Å²) in [5.74, 6) is -1.23. The number of hydrogen-bond acceptors (Lipinski definition) is 5. The van der Waals surface area contributed by atoms with Gasteiger partial charge < -0.3 is 14.4 Å². The molecule has 0 spiro atoms. The van der Waals surface area contributed by atoms with Crippen LogP contribution in [0, 0.1) is 10.1 Å². The minimum Gasteiger partial charge on any atom is -0.477 e. The van der Waals surface area contributed by atoms with E-state index in [0.717, 1.165) is 12.1 Å². The number of carbonyl (C=O) groups is 1. The number of aromatic nitrogens is 2. The molecule has 8 heteroatoms. The van der Waals surface area contributed by atoms with Crippen LogP contribution in [0.5, 0.6) is 11.8 Å². The molecule has 0 aliphatic rings. The topological polar surface area (TPSA) is 107 Å². The summed E-state index contributed by atoms with van der Waals surface area (Å²) in [4.78, 5) is 24.8. The van der Waals surface area contributed by atoms with Crippen molar-refractivity contribution in [2.24, 2.45) is 7.05 Å². The molecule has 0 fully saturated rings. The molecule has 0 atom stereocenters. The number of aromatic carboxylic acids is 1. The molecule has 0 bridgehead atoms. The van der Waals surface area contributed by atoms with Crippen LogP contribution in [0.15, 0.2) is 30.6 Å². The first-order valence-corrected chi connectivity index (χ1v) is 5.16. The number of nitro benzene ring substituents is 1. The van der Waals surface area contributed by atoms with Crippen molar-refractivity contribution >= 4 is 11.7 Å². The second kappa shape index (κ2) is 4.77. The Balaban J connectivity index is 2.39. The van der Waals surface area contributed by atoms with Crippen LogP contribution in [0.25, 0.3) is 0 Å². The fourth-order valence-electron chi connectivity index (χ4n) is 1.46. The number of carboxylic acid groups (broad SMARTS) is 1. The monoisotopic (exact) mass is 263 g/mol. The predicted octanol–water partition coefficient (Wildman–Crippen LogP) is 1.82. The number of nitrogens with zero attached hydrogens (tertiary/aromatic N) is 3. The molecular formula is C11H9N3O5. The highest BCUT2D eigenvalue weighted by Crippen LogP contribution is 2.26. The van der Waals surface area contributed by atoms with E-state index in [1.807, 2.05) is 0 Å².